The number of aromatic nitrogens is 1. The fraction of sp³-hybridized carbons (Fsp3) is 0.167. The van der Waals surface area contributed by atoms with E-state index in [0.717, 1.165) is 18.2 Å². The van der Waals surface area contributed by atoms with Crippen LogP contribution in [0.5, 0.6) is 0 Å². The summed E-state index contributed by atoms with van der Waals surface area (Å²) in [6.07, 6.45) is -8.66. The van der Waals surface area contributed by atoms with Crippen molar-refractivity contribution in [3.8, 4) is 0 Å². The number of pyridine rings is 1. The molecule has 2 aromatic carbocycles. The molecule has 13 heteroatoms. The molecule has 1 aromatic heterocycles. The van der Waals surface area contributed by atoms with Gasteiger partial charge >= 0.3 is 12.4 Å². The zero-order valence-electron chi connectivity index (χ0n) is 18.2. The van der Waals surface area contributed by atoms with E-state index in [4.69, 9.17) is 34.8 Å². The monoisotopic (exact) mass is 584 g/mol. The Morgan fingerprint density at radius 3 is 2.16 bits per heavy atom. The molecule has 0 aliphatic rings. The lowest BCUT2D eigenvalue weighted by atomic mass is 9.95. The van der Waals surface area contributed by atoms with E-state index in [1.165, 1.54) is 12.3 Å². The van der Waals surface area contributed by atoms with Crippen LogP contribution in [0.1, 0.15) is 38.7 Å². The third-order valence-electron chi connectivity index (χ3n) is 5.03. The van der Waals surface area contributed by atoms with Crippen molar-refractivity contribution < 1.29 is 35.5 Å². The highest BCUT2D eigenvalue weighted by Gasteiger charge is 2.41. The molecule has 37 heavy (non-hydrogen) atoms. The Kier molecular flexibility index (Phi) is 8.77. The van der Waals surface area contributed by atoms with Crippen molar-refractivity contribution in [1.82, 2.24) is 10.3 Å². The zero-order valence-corrected chi connectivity index (χ0v) is 20.5. The molecule has 0 fully saturated rings. The number of benzene rings is 2. The second-order valence-electron chi connectivity index (χ2n) is 7.59. The number of carbonyl (C=O) groups is 1. The third-order valence-corrected chi connectivity index (χ3v) is 6.23. The van der Waals surface area contributed by atoms with Crippen LogP contribution in [0.2, 0.25) is 15.1 Å². The minimum atomic E-state index is -5.12. The van der Waals surface area contributed by atoms with Crippen molar-refractivity contribution >= 4 is 46.5 Å². The van der Waals surface area contributed by atoms with E-state index in [-0.39, 0.29) is 33.8 Å². The van der Waals surface area contributed by atoms with Crippen molar-refractivity contribution in [2.45, 2.75) is 24.8 Å². The molecule has 0 bridgehead atoms. The Bertz CT molecular complexity index is 1300. The van der Waals surface area contributed by atoms with Crippen LogP contribution in [0.3, 0.4) is 0 Å². The first-order chi connectivity index (χ1) is 17.2. The van der Waals surface area contributed by atoms with Crippen molar-refractivity contribution in [2.75, 3.05) is 0 Å². The van der Waals surface area contributed by atoms with E-state index in [2.05, 4.69) is 10.3 Å². The van der Waals surface area contributed by atoms with Gasteiger partial charge in [0, 0.05) is 11.8 Å². The normalized spacial score (nSPS) is 13.4. The average Bonchev–Trinajstić information content (AvgIpc) is 2.83. The average molecular weight is 586 g/mol. The number of alkyl halides is 6. The molecule has 0 aliphatic carbocycles. The summed E-state index contributed by atoms with van der Waals surface area (Å²) < 4.78 is 97.3. The van der Waals surface area contributed by atoms with Gasteiger partial charge < -0.3 is 5.32 Å². The number of nitrogens with one attached hydrogen (secondary N) is 1. The summed E-state index contributed by atoms with van der Waals surface area (Å²) in [7, 11) is 0. The minimum absolute atomic E-state index is 0.0895. The maximum atomic E-state index is 14.9. The van der Waals surface area contributed by atoms with Gasteiger partial charge in [-0.05, 0) is 48.0 Å². The molecular weight excluding hydrogens is 572 g/mol. The zero-order chi connectivity index (χ0) is 27.5. The molecule has 3 aromatic rings. The molecule has 1 N–H and O–H groups in total. The molecular formula is C24H14Cl3F7N2O. The van der Waals surface area contributed by atoms with E-state index in [0.29, 0.717) is 11.8 Å². The highest BCUT2D eigenvalue weighted by molar-refractivity contribution is 6.48. The minimum Gasteiger partial charge on any atom is -0.346 e. The van der Waals surface area contributed by atoms with Gasteiger partial charge in [-0.1, -0.05) is 46.9 Å². The predicted molar refractivity (Wildman–Crippen MR) is 126 cm³/mol. The first kappa shape index (κ1) is 28.7. The van der Waals surface area contributed by atoms with Gasteiger partial charge in [-0.2, -0.15) is 26.3 Å². The van der Waals surface area contributed by atoms with Gasteiger partial charge in [0.1, 0.15) is 11.7 Å². The molecule has 0 saturated carbocycles. The summed E-state index contributed by atoms with van der Waals surface area (Å²) in [6.45, 7) is -0.188. The molecule has 1 heterocycles. The Labute approximate surface area is 220 Å². The predicted octanol–water partition coefficient (Wildman–Crippen LogP) is 8.65. The van der Waals surface area contributed by atoms with Gasteiger partial charge in [-0.15, -0.1) is 0 Å². The van der Waals surface area contributed by atoms with E-state index in [1.54, 1.807) is 12.1 Å². The maximum absolute atomic E-state index is 14.9. The van der Waals surface area contributed by atoms with Crippen LogP contribution in [0, 0.1) is 0 Å². The van der Waals surface area contributed by atoms with Gasteiger partial charge in [0.15, 0.2) is 0 Å². The number of allylic oxidation sites excluding steroid dienone is 1. The summed E-state index contributed by atoms with van der Waals surface area (Å²) in [5.41, 5.74) is -3.41. The summed E-state index contributed by atoms with van der Waals surface area (Å²) in [5.74, 6) is -5.36. The number of carbonyl (C=O) groups excluding carboxylic acids is 1. The number of amides is 1. The third kappa shape index (κ3) is 7.15. The van der Waals surface area contributed by atoms with Gasteiger partial charge in [-0.3, -0.25) is 9.78 Å². The second kappa shape index (κ2) is 11.3. The van der Waals surface area contributed by atoms with E-state index in [1.807, 2.05) is 0 Å². The van der Waals surface area contributed by atoms with Crippen molar-refractivity contribution in [3.05, 3.63) is 104 Å². The Morgan fingerprint density at radius 2 is 1.62 bits per heavy atom. The Hall–Kier alpha value is -2.82. The van der Waals surface area contributed by atoms with E-state index >= 15 is 0 Å². The fourth-order valence-corrected chi connectivity index (χ4v) is 3.88. The van der Waals surface area contributed by atoms with Crippen LogP contribution < -0.4 is 5.32 Å². The summed E-state index contributed by atoms with van der Waals surface area (Å²) in [4.78, 5) is 16.4. The van der Waals surface area contributed by atoms with Crippen molar-refractivity contribution in [3.63, 3.8) is 0 Å². The lowest BCUT2D eigenvalue weighted by molar-refractivity contribution is -0.140. The Balaban J connectivity index is 1.99. The summed E-state index contributed by atoms with van der Waals surface area (Å²) in [6, 6.07) is 8.11. The largest absolute Gasteiger partial charge is 0.417 e. The fourth-order valence-electron chi connectivity index (χ4n) is 3.27. The van der Waals surface area contributed by atoms with Gasteiger partial charge in [0.2, 0.25) is 0 Å². The van der Waals surface area contributed by atoms with Crippen LogP contribution in [0.25, 0.3) is 5.83 Å². The van der Waals surface area contributed by atoms with Crippen molar-refractivity contribution in [1.29, 1.82) is 0 Å². The molecule has 1 atom stereocenters. The second-order valence-corrected chi connectivity index (χ2v) is 8.79. The van der Waals surface area contributed by atoms with Crippen LogP contribution in [0.15, 0.2) is 60.8 Å². The van der Waals surface area contributed by atoms with Crippen LogP contribution in [-0.2, 0) is 12.7 Å². The topological polar surface area (TPSA) is 42.0 Å². The first-order valence-electron chi connectivity index (χ1n) is 10.2. The molecule has 1 amide bonds. The highest BCUT2D eigenvalue weighted by atomic mass is 35.5. The maximum Gasteiger partial charge on any atom is 0.417 e. The Morgan fingerprint density at radius 1 is 0.973 bits per heavy atom. The van der Waals surface area contributed by atoms with E-state index in [9.17, 15) is 35.5 Å². The number of halogens is 10. The number of hydrogen-bond acceptors (Lipinski definition) is 2. The SMILES string of the molecule is O=C(NCc1ccccn1)c1ccc(/C(F)=C/C(c2cc(Cl)c(Cl)c(Cl)c2)C(F)(F)F)cc1C(F)(F)F. The number of rotatable bonds is 6. The van der Waals surface area contributed by atoms with Crippen LogP contribution in [0.4, 0.5) is 30.7 Å². The quantitative estimate of drug-likeness (QED) is 0.232. The lowest BCUT2D eigenvalue weighted by Crippen LogP contribution is -2.26. The standard InChI is InChI=1S/C24H14Cl3F7N2O/c25-18-8-13(9-19(26)21(18)27)16(23(29,30)31)10-20(28)12-4-5-15(17(7-12)24(32,33)34)22(37)36-11-14-3-1-2-6-35-14/h1-10,16H,11H2,(H,36,37)/b20-10-. The van der Waals surface area contributed by atoms with Gasteiger partial charge in [0.05, 0.1) is 38.4 Å². The first-order valence-corrected chi connectivity index (χ1v) is 11.3. The molecule has 196 valence electrons. The van der Waals surface area contributed by atoms with Gasteiger partial charge in [-0.25, -0.2) is 4.39 Å². The smallest absolute Gasteiger partial charge is 0.346 e. The molecule has 3 nitrogen and oxygen atoms in total. The molecule has 0 radical (unpaired) electrons. The number of hydrogen-bond donors (Lipinski definition) is 1. The highest BCUT2D eigenvalue weighted by Crippen LogP contribution is 2.42. The van der Waals surface area contributed by atoms with Crippen LogP contribution in [-0.4, -0.2) is 17.1 Å². The molecule has 3 rings (SSSR count). The molecule has 1 unspecified atom stereocenters. The van der Waals surface area contributed by atoms with Crippen LogP contribution >= 0.6 is 34.8 Å². The van der Waals surface area contributed by atoms with E-state index < -0.39 is 52.3 Å². The van der Waals surface area contributed by atoms with Crippen molar-refractivity contribution in [2.24, 2.45) is 0 Å². The summed E-state index contributed by atoms with van der Waals surface area (Å²) >= 11 is 17.3. The molecule has 0 aliphatic heterocycles. The lowest BCUT2D eigenvalue weighted by Gasteiger charge is -2.19. The number of nitrogens with zero attached hydrogens (tertiary/aromatic N) is 1. The summed E-state index contributed by atoms with van der Waals surface area (Å²) in [5, 5.41) is 1.40. The molecule has 0 saturated heterocycles. The van der Waals surface area contributed by atoms with Gasteiger partial charge in [0.25, 0.3) is 5.91 Å². The molecule has 0 spiro atoms.